The Hall–Kier alpha value is -1.72. The predicted molar refractivity (Wildman–Crippen MR) is 119 cm³/mol. The zero-order valence-corrected chi connectivity index (χ0v) is 18.5. The molecule has 158 valence electrons. The molecule has 2 saturated heterocycles. The molecule has 0 aromatic heterocycles. The van der Waals surface area contributed by atoms with Gasteiger partial charge < -0.3 is 4.90 Å². The zero-order chi connectivity index (χ0) is 20.6. The average Bonchev–Trinajstić information content (AvgIpc) is 2.90. The maximum absolute atomic E-state index is 14.1. The average molecular weight is 397 g/mol. The minimum atomic E-state index is -0.325. The van der Waals surface area contributed by atoms with Crippen molar-refractivity contribution in [3.05, 3.63) is 30.3 Å². The third-order valence-electron chi connectivity index (χ3n) is 6.74. The van der Waals surface area contributed by atoms with Gasteiger partial charge in [-0.15, -0.1) is 0 Å². The van der Waals surface area contributed by atoms with Gasteiger partial charge in [0, 0.05) is 26.2 Å². The summed E-state index contributed by atoms with van der Waals surface area (Å²) < 4.78 is 0. The monoisotopic (exact) mass is 396 g/mol. The van der Waals surface area contributed by atoms with Gasteiger partial charge in [-0.25, -0.2) is 0 Å². The maximum atomic E-state index is 14.1. The van der Waals surface area contributed by atoms with E-state index >= 15 is 0 Å². The van der Waals surface area contributed by atoms with Gasteiger partial charge in [0.1, 0.15) is 5.84 Å². The van der Waals surface area contributed by atoms with Crippen LogP contribution in [-0.2, 0) is 4.79 Å². The predicted octanol–water partition coefficient (Wildman–Crippen LogP) is 3.80. The first-order chi connectivity index (χ1) is 13.8. The summed E-state index contributed by atoms with van der Waals surface area (Å²) in [5.41, 5.74) is 0.406. The van der Waals surface area contributed by atoms with Gasteiger partial charge in [0.25, 0.3) is 0 Å². The van der Waals surface area contributed by atoms with E-state index in [1.54, 1.807) is 0 Å². The highest BCUT2D eigenvalue weighted by molar-refractivity contribution is 6.27. The third kappa shape index (κ3) is 3.87. The maximum Gasteiger partial charge on any atom is 0.240 e. The number of carbonyl (C=O) groups excluding carboxylic acids is 1. The molecular formula is C24H36N4O. The lowest BCUT2D eigenvalue weighted by molar-refractivity contribution is -0.130. The number of carbonyl (C=O) groups is 1. The van der Waals surface area contributed by atoms with Crippen LogP contribution in [0.1, 0.15) is 52.9 Å². The first-order valence-electron chi connectivity index (χ1n) is 11.2. The summed E-state index contributed by atoms with van der Waals surface area (Å²) in [5.74, 6) is 1.25. The number of rotatable bonds is 2. The molecule has 1 aromatic rings. The lowest BCUT2D eigenvalue weighted by Crippen LogP contribution is -2.57. The van der Waals surface area contributed by atoms with Crippen molar-refractivity contribution < 1.29 is 4.79 Å². The van der Waals surface area contributed by atoms with Crippen LogP contribution in [-0.4, -0.2) is 66.4 Å². The van der Waals surface area contributed by atoms with Gasteiger partial charge in [0.2, 0.25) is 5.91 Å². The van der Waals surface area contributed by atoms with E-state index < -0.39 is 0 Å². The standard InChI is InChI=1S/C24H36N4O/c1-23(2,3)25-21-20(27-17-15-26(4)16-18-27)24(13-9-6-10-14-24)22(29)28(21)19-11-7-5-8-12-19/h5,7-8,11-12,20H,6,9-10,13-18H2,1-4H3. The van der Waals surface area contributed by atoms with E-state index in [1.165, 1.54) is 6.42 Å². The van der Waals surface area contributed by atoms with Crippen molar-refractivity contribution in [3.63, 3.8) is 0 Å². The van der Waals surface area contributed by atoms with Gasteiger partial charge in [0.05, 0.1) is 22.7 Å². The molecule has 0 bridgehead atoms. The van der Waals surface area contributed by atoms with Crippen LogP contribution in [0.3, 0.4) is 0 Å². The van der Waals surface area contributed by atoms with E-state index in [2.05, 4.69) is 49.8 Å². The van der Waals surface area contributed by atoms with Crippen molar-refractivity contribution >= 4 is 17.4 Å². The highest BCUT2D eigenvalue weighted by atomic mass is 16.2. The first kappa shape index (κ1) is 20.5. The van der Waals surface area contributed by atoms with Gasteiger partial charge in [-0.3, -0.25) is 19.6 Å². The number of amidine groups is 1. The molecule has 5 heteroatoms. The number of piperazine rings is 1. The molecule has 0 radical (unpaired) electrons. The van der Waals surface area contributed by atoms with Crippen molar-refractivity contribution in [2.24, 2.45) is 10.4 Å². The van der Waals surface area contributed by atoms with E-state index in [0.29, 0.717) is 0 Å². The van der Waals surface area contributed by atoms with Crippen molar-refractivity contribution in [1.82, 2.24) is 9.80 Å². The number of anilines is 1. The van der Waals surface area contributed by atoms with E-state index in [1.807, 2.05) is 23.1 Å². The smallest absolute Gasteiger partial charge is 0.240 e. The topological polar surface area (TPSA) is 39.1 Å². The van der Waals surface area contributed by atoms with Crippen LogP contribution in [0.4, 0.5) is 5.69 Å². The Labute approximate surface area is 175 Å². The number of hydrogen-bond acceptors (Lipinski definition) is 4. The van der Waals surface area contributed by atoms with E-state index in [9.17, 15) is 4.79 Å². The van der Waals surface area contributed by atoms with Crippen molar-refractivity contribution in [1.29, 1.82) is 0 Å². The molecular weight excluding hydrogens is 360 g/mol. The Morgan fingerprint density at radius 1 is 0.966 bits per heavy atom. The van der Waals surface area contributed by atoms with E-state index in [-0.39, 0.29) is 22.9 Å². The molecule has 1 spiro atoms. The normalized spacial score (nSPS) is 27.9. The number of amides is 1. The van der Waals surface area contributed by atoms with E-state index in [0.717, 1.165) is 63.4 Å². The molecule has 2 aliphatic heterocycles. The van der Waals surface area contributed by atoms with Gasteiger partial charge in [0.15, 0.2) is 0 Å². The summed E-state index contributed by atoms with van der Waals surface area (Å²) in [5, 5.41) is 0. The van der Waals surface area contributed by atoms with Gasteiger partial charge in [-0.1, -0.05) is 37.5 Å². The molecule has 1 amide bonds. The number of likely N-dealkylation sites (N-methyl/N-ethyl adjacent to an activating group) is 1. The minimum absolute atomic E-state index is 0.0865. The van der Waals surface area contributed by atoms with Gasteiger partial charge in [-0.05, 0) is 52.8 Å². The van der Waals surface area contributed by atoms with Crippen LogP contribution in [0.15, 0.2) is 35.3 Å². The Morgan fingerprint density at radius 3 is 2.17 bits per heavy atom. The number of para-hydroxylation sites is 1. The Morgan fingerprint density at radius 2 is 1.59 bits per heavy atom. The summed E-state index contributed by atoms with van der Waals surface area (Å²) in [6, 6.07) is 10.3. The summed E-state index contributed by atoms with van der Waals surface area (Å²) in [4.78, 5) is 26.2. The van der Waals surface area contributed by atoms with Gasteiger partial charge in [-0.2, -0.15) is 0 Å². The zero-order valence-electron chi connectivity index (χ0n) is 18.5. The molecule has 3 aliphatic rings. The summed E-state index contributed by atoms with van der Waals surface area (Å²) in [6.45, 7) is 10.5. The molecule has 1 aromatic carbocycles. The molecule has 1 aliphatic carbocycles. The quantitative estimate of drug-likeness (QED) is 0.763. The van der Waals surface area contributed by atoms with Crippen LogP contribution < -0.4 is 4.90 Å². The fraction of sp³-hybridized carbons (Fsp3) is 0.667. The number of benzene rings is 1. The van der Waals surface area contributed by atoms with Crippen molar-refractivity contribution in [3.8, 4) is 0 Å². The van der Waals surface area contributed by atoms with Crippen LogP contribution >= 0.6 is 0 Å². The molecule has 0 N–H and O–H groups in total. The Kier molecular flexibility index (Phi) is 5.56. The molecule has 3 fully saturated rings. The highest BCUT2D eigenvalue weighted by Crippen LogP contribution is 2.49. The van der Waals surface area contributed by atoms with Crippen LogP contribution in [0.25, 0.3) is 0 Å². The van der Waals surface area contributed by atoms with Crippen LogP contribution in [0.2, 0.25) is 0 Å². The minimum Gasteiger partial charge on any atom is -0.304 e. The van der Waals surface area contributed by atoms with Gasteiger partial charge >= 0.3 is 0 Å². The lowest BCUT2D eigenvalue weighted by Gasteiger charge is -2.44. The lowest BCUT2D eigenvalue weighted by atomic mass is 9.69. The Balaban J connectivity index is 1.85. The SMILES string of the molecule is CN1CCN(C2C(=NC(C)(C)C)N(c3ccccc3)C(=O)C23CCCCC3)CC1. The largest absolute Gasteiger partial charge is 0.304 e. The first-order valence-corrected chi connectivity index (χ1v) is 11.2. The fourth-order valence-electron chi connectivity index (χ4n) is 5.36. The second-order valence-electron chi connectivity index (χ2n) is 10.1. The van der Waals surface area contributed by atoms with Crippen molar-refractivity contribution in [2.75, 3.05) is 38.1 Å². The summed E-state index contributed by atoms with van der Waals surface area (Å²) in [6.07, 6.45) is 5.48. The molecule has 29 heavy (non-hydrogen) atoms. The second kappa shape index (κ2) is 7.84. The Bertz CT molecular complexity index is 753. The molecule has 1 atom stereocenters. The number of aliphatic imine (C=N–C) groups is 1. The molecule has 1 unspecified atom stereocenters. The molecule has 2 heterocycles. The molecule has 4 rings (SSSR count). The van der Waals surface area contributed by atoms with Crippen LogP contribution in [0, 0.1) is 5.41 Å². The van der Waals surface area contributed by atoms with Crippen molar-refractivity contribution in [2.45, 2.75) is 64.5 Å². The highest BCUT2D eigenvalue weighted by Gasteiger charge is 2.60. The fourth-order valence-corrected chi connectivity index (χ4v) is 5.36. The number of nitrogens with zero attached hydrogens (tertiary/aromatic N) is 4. The molecule has 5 nitrogen and oxygen atoms in total. The van der Waals surface area contributed by atoms with Crippen LogP contribution in [0.5, 0.6) is 0 Å². The van der Waals surface area contributed by atoms with E-state index in [4.69, 9.17) is 4.99 Å². The summed E-state index contributed by atoms with van der Waals surface area (Å²) in [7, 11) is 2.19. The second-order valence-corrected chi connectivity index (χ2v) is 10.1. The molecule has 1 saturated carbocycles. The third-order valence-corrected chi connectivity index (χ3v) is 6.74. The number of hydrogen-bond donors (Lipinski definition) is 0. The summed E-state index contributed by atoms with van der Waals surface area (Å²) >= 11 is 0.